The first-order chi connectivity index (χ1) is 10.1. The number of benzene rings is 1. The summed E-state index contributed by atoms with van der Waals surface area (Å²) >= 11 is 0. The molecule has 5 nitrogen and oxygen atoms in total. The van der Waals surface area contributed by atoms with Crippen molar-refractivity contribution in [2.75, 3.05) is 4.72 Å². The van der Waals surface area contributed by atoms with Gasteiger partial charge in [0.05, 0.1) is 22.5 Å². The van der Waals surface area contributed by atoms with Crippen molar-refractivity contribution in [1.29, 1.82) is 0 Å². The van der Waals surface area contributed by atoms with Crippen molar-refractivity contribution in [3.05, 3.63) is 41.7 Å². The normalized spacial score (nSPS) is 12.4. The Bertz CT molecular complexity index is 754. The third-order valence-electron chi connectivity index (χ3n) is 3.68. The standard InChI is InChI=1S/C16H23N3O2S/c1-6-19-12(2)15(11-17-19)18-22(20,21)14-9-7-13(8-10-14)16(3,4)5/h7-11,18H,6H2,1-5H3. The molecule has 0 aliphatic carbocycles. The number of anilines is 1. The molecule has 120 valence electrons. The second-order valence-corrected chi connectivity index (χ2v) is 8.02. The number of nitrogens with one attached hydrogen (secondary N) is 1. The number of nitrogens with zero attached hydrogens (tertiary/aromatic N) is 2. The van der Waals surface area contributed by atoms with Gasteiger partial charge in [-0.25, -0.2) is 8.42 Å². The molecule has 0 unspecified atom stereocenters. The van der Waals surface area contributed by atoms with Crippen LogP contribution in [0.2, 0.25) is 0 Å². The monoisotopic (exact) mass is 321 g/mol. The SMILES string of the molecule is CCn1ncc(NS(=O)(=O)c2ccc(C(C)(C)C)cc2)c1C. The van der Waals surface area contributed by atoms with Crippen LogP contribution >= 0.6 is 0 Å². The summed E-state index contributed by atoms with van der Waals surface area (Å²) in [6, 6.07) is 7.00. The summed E-state index contributed by atoms with van der Waals surface area (Å²) in [6.45, 7) is 10.8. The van der Waals surface area contributed by atoms with Crippen LogP contribution in [-0.2, 0) is 22.0 Å². The molecule has 1 N–H and O–H groups in total. The van der Waals surface area contributed by atoms with Crippen LogP contribution in [-0.4, -0.2) is 18.2 Å². The van der Waals surface area contributed by atoms with Crippen molar-refractivity contribution < 1.29 is 8.42 Å². The summed E-state index contributed by atoms with van der Waals surface area (Å²) in [6.07, 6.45) is 1.54. The number of aryl methyl sites for hydroxylation is 1. The summed E-state index contributed by atoms with van der Waals surface area (Å²) in [4.78, 5) is 0.254. The highest BCUT2D eigenvalue weighted by Gasteiger charge is 2.19. The van der Waals surface area contributed by atoms with E-state index in [9.17, 15) is 8.42 Å². The van der Waals surface area contributed by atoms with Crippen molar-refractivity contribution in [1.82, 2.24) is 9.78 Å². The lowest BCUT2D eigenvalue weighted by Gasteiger charge is -2.19. The highest BCUT2D eigenvalue weighted by atomic mass is 32.2. The van der Waals surface area contributed by atoms with E-state index in [1.165, 1.54) is 0 Å². The van der Waals surface area contributed by atoms with E-state index in [-0.39, 0.29) is 10.3 Å². The predicted molar refractivity (Wildman–Crippen MR) is 88.6 cm³/mol. The van der Waals surface area contributed by atoms with E-state index in [0.717, 1.165) is 11.3 Å². The molecule has 0 spiro atoms. The van der Waals surface area contributed by atoms with Gasteiger partial charge in [0.15, 0.2) is 0 Å². The fraction of sp³-hybridized carbons (Fsp3) is 0.438. The smallest absolute Gasteiger partial charge is 0.262 e. The quantitative estimate of drug-likeness (QED) is 0.939. The number of hydrogen-bond donors (Lipinski definition) is 1. The lowest BCUT2D eigenvalue weighted by Crippen LogP contribution is -2.15. The molecule has 0 aliphatic heterocycles. The van der Waals surface area contributed by atoms with Gasteiger partial charge in [-0.1, -0.05) is 32.9 Å². The van der Waals surface area contributed by atoms with Gasteiger partial charge in [0, 0.05) is 6.54 Å². The van der Waals surface area contributed by atoms with Gasteiger partial charge < -0.3 is 0 Å². The maximum absolute atomic E-state index is 12.5. The number of hydrogen-bond acceptors (Lipinski definition) is 3. The van der Waals surface area contributed by atoms with Crippen LogP contribution in [0.1, 0.15) is 39.0 Å². The van der Waals surface area contributed by atoms with E-state index in [0.29, 0.717) is 12.2 Å². The first kappa shape index (κ1) is 16.5. The van der Waals surface area contributed by atoms with Crippen molar-refractivity contribution in [3.8, 4) is 0 Å². The van der Waals surface area contributed by atoms with Crippen LogP contribution in [0.5, 0.6) is 0 Å². The lowest BCUT2D eigenvalue weighted by atomic mass is 9.87. The first-order valence-electron chi connectivity index (χ1n) is 7.31. The molecule has 2 rings (SSSR count). The van der Waals surface area contributed by atoms with Crippen molar-refractivity contribution in [2.24, 2.45) is 0 Å². The second kappa shape index (κ2) is 5.76. The average molecular weight is 321 g/mol. The van der Waals surface area contributed by atoms with Crippen LogP contribution in [0.25, 0.3) is 0 Å². The number of rotatable bonds is 4. The van der Waals surface area contributed by atoms with E-state index < -0.39 is 10.0 Å². The largest absolute Gasteiger partial charge is 0.276 e. The Balaban J connectivity index is 2.28. The molecular weight excluding hydrogens is 298 g/mol. The third-order valence-corrected chi connectivity index (χ3v) is 5.06. The van der Waals surface area contributed by atoms with Crippen molar-refractivity contribution >= 4 is 15.7 Å². The zero-order valence-corrected chi connectivity index (χ0v) is 14.5. The van der Waals surface area contributed by atoms with Gasteiger partial charge in [-0.15, -0.1) is 0 Å². The minimum absolute atomic E-state index is 0.00538. The number of sulfonamides is 1. The molecule has 2 aromatic rings. The van der Waals surface area contributed by atoms with Gasteiger partial charge in [-0.2, -0.15) is 5.10 Å². The topological polar surface area (TPSA) is 64.0 Å². The summed E-state index contributed by atoms with van der Waals surface area (Å²) < 4.78 is 29.3. The molecule has 1 heterocycles. The van der Waals surface area contributed by atoms with Crippen molar-refractivity contribution in [2.45, 2.75) is 51.5 Å². The molecule has 0 atom stereocenters. The summed E-state index contributed by atoms with van der Waals surface area (Å²) in [7, 11) is -3.60. The van der Waals surface area contributed by atoms with Gasteiger partial charge in [-0.3, -0.25) is 9.40 Å². The summed E-state index contributed by atoms with van der Waals surface area (Å²) in [5.41, 5.74) is 2.41. The Morgan fingerprint density at radius 1 is 1.18 bits per heavy atom. The van der Waals surface area contributed by atoms with Gasteiger partial charge in [0.1, 0.15) is 0 Å². The summed E-state index contributed by atoms with van der Waals surface area (Å²) in [5.74, 6) is 0. The van der Waals surface area contributed by atoms with E-state index in [1.807, 2.05) is 26.0 Å². The molecule has 0 bridgehead atoms. The van der Waals surface area contributed by atoms with Crippen LogP contribution in [0.4, 0.5) is 5.69 Å². The Labute approximate surface area is 132 Å². The van der Waals surface area contributed by atoms with E-state index in [2.05, 4.69) is 30.6 Å². The lowest BCUT2D eigenvalue weighted by molar-refractivity contribution is 0.587. The highest BCUT2D eigenvalue weighted by Crippen LogP contribution is 2.24. The summed E-state index contributed by atoms with van der Waals surface area (Å²) in [5, 5.41) is 4.15. The van der Waals surface area contributed by atoms with Crippen molar-refractivity contribution in [3.63, 3.8) is 0 Å². The van der Waals surface area contributed by atoms with Crippen LogP contribution in [0.3, 0.4) is 0 Å². The van der Waals surface area contributed by atoms with Crippen LogP contribution < -0.4 is 4.72 Å². The van der Waals surface area contributed by atoms with Gasteiger partial charge in [0.2, 0.25) is 0 Å². The molecule has 0 amide bonds. The Hall–Kier alpha value is -1.82. The maximum atomic E-state index is 12.5. The Morgan fingerprint density at radius 2 is 1.77 bits per heavy atom. The predicted octanol–water partition coefficient (Wildman–Crippen LogP) is 3.31. The fourth-order valence-electron chi connectivity index (χ4n) is 2.20. The second-order valence-electron chi connectivity index (χ2n) is 6.34. The Morgan fingerprint density at radius 3 is 2.23 bits per heavy atom. The zero-order valence-electron chi connectivity index (χ0n) is 13.7. The Kier molecular flexibility index (Phi) is 4.33. The minimum atomic E-state index is -3.60. The molecule has 1 aromatic heterocycles. The maximum Gasteiger partial charge on any atom is 0.262 e. The minimum Gasteiger partial charge on any atom is -0.276 e. The number of aromatic nitrogens is 2. The molecule has 6 heteroatoms. The highest BCUT2D eigenvalue weighted by molar-refractivity contribution is 7.92. The first-order valence-corrected chi connectivity index (χ1v) is 8.79. The van der Waals surface area contributed by atoms with Gasteiger partial charge in [-0.05, 0) is 37.0 Å². The molecule has 0 saturated carbocycles. The van der Waals surface area contributed by atoms with E-state index >= 15 is 0 Å². The van der Waals surface area contributed by atoms with Gasteiger partial charge >= 0.3 is 0 Å². The molecule has 0 saturated heterocycles. The molecule has 0 aliphatic rings. The van der Waals surface area contributed by atoms with E-state index in [1.54, 1.807) is 23.0 Å². The van der Waals surface area contributed by atoms with Crippen LogP contribution in [0.15, 0.2) is 35.4 Å². The van der Waals surface area contributed by atoms with Gasteiger partial charge in [0.25, 0.3) is 10.0 Å². The molecule has 1 aromatic carbocycles. The molecule has 22 heavy (non-hydrogen) atoms. The van der Waals surface area contributed by atoms with Crippen LogP contribution in [0, 0.1) is 6.92 Å². The zero-order chi connectivity index (χ0) is 16.5. The molecule has 0 radical (unpaired) electrons. The fourth-order valence-corrected chi connectivity index (χ4v) is 3.31. The van der Waals surface area contributed by atoms with E-state index in [4.69, 9.17) is 0 Å². The molecule has 0 fully saturated rings. The average Bonchev–Trinajstić information content (AvgIpc) is 2.78. The molecular formula is C16H23N3O2S. The third kappa shape index (κ3) is 3.32.